The molecule has 8 heteroatoms. The van der Waals surface area contributed by atoms with Crippen LogP contribution in [0.25, 0.3) is 0 Å². The molecule has 0 aromatic carbocycles. The minimum absolute atomic E-state index is 0.00533. The van der Waals surface area contributed by atoms with Gasteiger partial charge in [-0.25, -0.2) is 14.6 Å². The molecule has 1 saturated carbocycles. The molecule has 0 radical (unpaired) electrons. The smallest absolute Gasteiger partial charge is 0.355 e. The van der Waals surface area contributed by atoms with Crippen molar-refractivity contribution in [3.63, 3.8) is 0 Å². The average molecular weight is 299 g/mol. The molecule has 2 amide bonds. The van der Waals surface area contributed by atoms with Gasteiger partial charge in [-0.05, 0) is 19.8 Å². The first-order chi connectivity index (χ1) is 9.58. The molecular weight excluding hydrogens is 282 g/mol. The van der Waals surface area contributed by atoms with E-state index in [-0.39, 0.29) is 30.4 Å². The van der Waals surface area contributed by atoms with E-state index in [0.717, 1.165) is 12.8 Å². The van der Waals surface area contributed by atoms with Crippen molar-refractivity contribution in [3.05, 3.63) is 16.1 Å². The average Bonchev–Trinajstić information content (AvgIpc) is 2.83. The lowest BCUT2D eigenvalue weighted by Gasteiger charge is -2.35. The number of amides is 2. The highest BCUT2D eigenvalue weighted by Crippen LogP contribution is 2.22. The van der Waals surface area contributed by atoms with Gasteiger partial charge in [-0.2, -0.15) is 0 Å². The number of carbonyl (C=O) groups excluding carboxylic acids is 1. The molecule has 2 rings (SSSR count). The number of rotatable bonds is 6. The van der Waals surface area contributed by atoms with Gasteiger partial charge in [0.1, 0.15) is 5.01 Å². The number of carboxylic acids is 1. The molecule has 0 saturated heterocycles. The first kappa shape index (κ1) is 14.7. The predicted octanol–water partition coefficient (Wildman–Crippen LogP) is 1.21. The van der Waals surface area contributed by atoms with Gasteiger partial charge in [0.15, 0.2) is 5.69 Å². The zero-order valence-corrected chi connectivity index (χ0v) is 11.9. The molecule has 1 aliphatic rings. The Morgan fingerprint density at radius 1 is 1.55 bits per heavy atom. The number of nitrogens with one attached hydrogen (secondary N) is 2. The fourth-order valence-electron chi connectivity index (χ4n) is 1.94. The van der Waals surface area contributed by atoms with Gasteiger partial charge in [-0.15, -0.1) is 11.3 Å². The molecule has 0 bridgehead atoms. The van der Waals surface area contributed by atoms with Gasteiger partial charge < -0.3 is 20.5 Å². The molecule has 1 aliphatic carbocycles. The third kappa shape index (κ3) is 3.91. The Morgan fingerprint density at radius 3 is 2.90 bits per heavy atom. The van der Waals surface area contributed by atoms with Gasteiger partial charge in [0, 0.05) is 18.0 Å². The number of aromatic carboxylic acids is 1. The van der Waals surface area contributed by atoms with Gasteiger partial charge in [-0.3, -0.25) is 0 Å². The summed E-state index contributed by atoms with van der Waals surface area (Å²) >= 11 is 1.21. The Kier molecular flexibility index (Phi) is 4.91. The first-order valence-corrected chi connectivity index (χ1v) is 7.30. The van der Waals surface area contributed by atoms with Crippen LogP contribution in [-0.4, -0.2) is 40.8 Å². The van der Waals surface area contributed by atoms with Crippen LogP contribution < -0.4 is 10.6 Å². The van der Waals surface area contributed by atoms with E-state index in [1.54, 1.807) is 0 Å². The topological polar surface area (TPSA) is 101 Å². The minimum Gasteiger partial charge on any atom is -0.476 e. The van der Waals surface area contributed by atoms with E-state index in [2.05, 4.69) is 15.6 Å². The summed E-state index contributed by atoms with van der Waals surface area (Å²) in [5.41, 5.74) is 0.00533. The van der Waals surface area contributed by atoms with Crippen LogP contribution in [0.3, 0.4) is 0 Å². The maximum atomic E-state index is 11.6. The third-order valence-corrected chi connectivity index (χ3v) is 3.85. The number of carboxylic acid groups (broad SMARTS) is 1. The molecule has 3 N–H and O–H groups in total. The van der Waals surface area contributed by atoms with Crippen molar-refractivity contribution in [1.82, 2.24) is 15.6 Å². The molecule has 0 aliphatic heterocycles. The highest BCUT2D eigenvalue weighted by atomic mass is 32.1. The highest BCUT2D eigenvalue weighted by molar-refractivity contribution is 7.09. The molecule has 0 spiro atoms. The number of thiazole rings is 1. The van der Waals surface area contributed by atoms with Gasteiger partial charge >= 0.3 is 12.0 Å². The quantitative estimate of drug-likeness (QED) is 0.733. The monoisotopic (exact) mass is 299 g/mol. The first-order valence-electron chi connectivity index (χ1n) is 6.42. The van der Waals surface area contributed by atoms with Crippen LogP contribution in [0, 0.1) is 0 Å². The number of aromatic nitrogens is 1. The van der Waals surface area contributed by atoms with E-state index in [1.807, 2.05) is 6.92 Å². The van der Waals surface area contributed by atoms with Crippen LogP contribution in [0.4, 0.5) is 4.79 Å². The van der Waals surface area contributed by atoms with Crippen molar-refractivity contribution < 1.29 is 19.4 Å². The van der Waals surface area contributed by atoms with Crippen LogP contribution in [0.1, 0.15) is 35.3 Å². The fourth-order valence-corrected chi connectivity index (χ4v) is 2.65. The molecule has 110 valence electrons. The summed E-state index contributed by atoms with van der Waals surface area (Å²) in [4.78, 5) is 26.2. The van der Waals surface area contributed by atoms with Gasteiger partial charge in [0.05, 0.1) is 12.6 Å². The second-order valence-electron chi connectivity index (χ2n) is 4.50. The van der Waals surface area contributed by atoms with E-state index >= 15 is 0 Å². The van der Waals surface area contributed by atoms with E-state index in [0.29, 0.717) is 11.6 Å². The normalized spacial score (nSPS) is 21.1. The van der Waals surface area contributed by atoms with Crippen molar-refractivity contribution in [3.8, 4) is 0 Å². The van der Waals surface area contributed by atoms with Crippen molar-refractivity contribution in [2.45, 2.75) is 38.5 Å². The Bertz CT molecular complexity index is 485. The zero-order chi connectivity index (χ0) is 14.5. The number of carbonyl (C=O) groups is 2. The molecule has 1 aromatic rings. The lowest BCUT2D eigenvalue weighted by atomic mass is 9.89. The van der Waals surface area contributed by atoms with Gasteiger partial charge in [0.25, 0.3) is 0 Å². The SMILES string of the molecule is CCOC1CC(NC(=O)NCc2nc(C(=O)O)cs2)C1. The molecule has 1 aromatic heterocycles. The maximum absolute atomic E-state index is 11.6. The minimum atomic E-state index is -1.06. The van der Waals surface area contributed by atoms with Crippen molar-refractivity contribution in [2.75, 3.05) is 6.61 Å². The van der Waals surface area contributed by atoms with E-state index < -0.39 is 5.97 Å². The summed E-state index contributed by atoms with van der Waals surface area (Å²) in [5, 5.41) is 16.3. The second-order valence-corrected chi connectivity index (χ2v) is 5.45. The fraction of sp³-hybridized carbons (Fsp3) is 0.583. The largest absolute Gasteiger partial charge is 0.476 e. The summed E-state index contributed by atoms with van der Waals surface area (Å²) in [6, 6.07) is -0.116. The second kappa shape index (κ2) is 6.67. The Hall–Kier alpha value is -1.67. The van der Waals surface area contributed by atoms with Crippen LogP contribution in [-0.2, 0) is 11.3 Å². The lowest BCUT2D eigenvalue weighted by molar-refractivity contribution is -0.00709. The number of urea groups is 1. The predicted molar refractivity (Wildman–Crippen MR) is 72.9 cm³/mol. The summed E-state index contributed by atoms with van der Waals surface area (Å²) in [5.74, 6) is -1.06. The van der Waals surface area contributed by atoms with E-state index in [4.69, 9.17) is 9.84 Å². The molecule has 1 heterocycles. The Balaban J connectivity index is 1.66. The highest BCUT2D eigenvalue weighted by Gasteiger charge is 2.30. The molecule has 20 heavy (non-hydrogen) atoms. The molecule has 7 nitrogen and oxygen atoms in total. The number of hydrogen-bond donors (Lipinski definition) is 3. The summed E-state index contributed by atoms with van der Waals surface area (Å²) in [7, 11) is 0. The number of nitrogens with zero attached hydrogens (tertiary/aromatic N) is 1. The van der Waals surface area contributed by atoms with Gasteiger partial charge in [-0.1, -0.05) is 0 Å². The zero-order valence-electron chi connectivity index (χ0n) is 11.1. The Morgan fingerprint density at radius 2 is 2.30 bits per heavy atom. The maximum Gasteiger partial charge on any atom is 0.355 e. The number of hydrogen-bond acceptors (Lipinski definition) is 5. The standard InChI is InChI=1S/C12H17N3O4S/c1-2-19-8-3-7(4-8)14-12(18)13-5-10-15-9(6-20-10)11(16)17/h6-8H,2-5H2,1H3,(H,16,17)(H2,13,14,18). The lowest BCUT2D eigenvalue weighted by Crippen LogP contribution is -2.50. The van der Waals surface area contributed by atoms with E-state index in [9.17, 15) is 9.59 Å². The van der Waals surface area contributed by atoms with Crippen LogP contribution >= 0.6 is 11.3 Å². The summed E-state index contributed by atoms with van der Waals surface area (Å²) < 4.78 is 5.41. The van der Waals surface area contributed by atoms with E-state index in [1.165, 1.54) is 16.7 Å². The summed E-state index contributed by atoms with van der Waals surface area (Å²) in [6.45, 7) is 2.87. The molecule has 1 fully saturated rings. The van der Waals surface area contributed by atoms with Crippen molar-refractivity contribution in [1.29, 1.82) is 0 Å². The third-order valence-electron chi connectivity index (χ3n) is 3.00. The van der Waals surface area contributed by atoms with Crippen LogP contribution in [0.5, 0.6) is 0 Å². The Labute approximate surface area is 120 Å². The molecule has 0 atom stereocenters. The van der Waals surface area contributed by atoms with Gasteiger partial charge in [0.2, 0.25) is 0 Å². The summed E-state index contributed by atoms with van der Waals surface area (Å²) in [6.07, 6.45) is 1.92. The van der Waals surface area contributed by atoms with Crippen molar-refractivity contribution >= 4 is 23.3 Å². The number of ether oxygens (including phenoxy) is 1. The molecular formula is C12H17N3O4S. The van der Waals surface area contributed by atoms with Crippen LogP contribution in [0.15, 0.2) is 5.38 Å². The van der Waals surface area contributed by atoms with Crippen molar-refractivity contribution in [2.24, 2.45) is 0 Å². The molecule has 0 unspecified atom stereocenters. The van der Waals surface area contributed by atoms with Crippen LogP contribution in [0.2, 0.25) is 0 Å².